The number of hydrogen-bond acceptors (Lipinski definition) is 3. The molecule has 74 valence electrons. The quantitative estimate of drug-likeness (QED) is 0.643. The van der Waals surface area contributed by atoms with E-state index in [-0.39, 0.29) is 0 Å². The SMILES string of the molecule is Ic1cccc(-c2nn3ccnc3s2)c1. The number of hydrogen-bond donors (Lipinski definition) is 0. The first-order valence-corrected chi connectivity index (χ1v) is 6.28. The molecule has 0 bridgehead atoms. The third-order valence-corrected chi connectivity index (χ3v) is 3.70. The van der Waals surface area contributed by atoms with E-state index in [0.717, 1.165) is 15.5 Å². The van der Waals surface area contributed by atoms with Crippen LogP contribution in [0.25, 0.3) is 15.5 Å². The van der Waals surface area contributed by atoms with Crippen molar-refractivity contribution in [3.05, 3.63) is 40.2 Å². The maximum Gasteiger partial charge on any atom is 0.212 e. The van der Waals surface area contributed by atoms with Gasteiger partial charge in [-0.15, -0.1) is 0 Å². The third kappa shape index (κ3) is 1.65. The zero-order chi connectivity index (χ0) is 10.3. The zero-order valence-electron chi connectivity index (χ0n) is 7.59. The Hall–Kier alpha value is -0.950. The lowest BCUT2D eigenvalue weighted by Gasteiger charge is -1.94. The van der Waals surface area contributed by atoms with E-state index in [1.807, 2.05) is 12.3 Å². The molecule has 0 radical (unpaired) electrons. The molecule has 0 N–H and O–H groups in total. The van der Waals surface area contributed by atoms with Gasteiger partial charge in [0.25, 0.3) is 0 Å². The van der Waals surface area contributed by atoms with Crippen molar-refractivity contribution in [2.45, 2.75) is 0 Å². The van der Waals surface area contributed by atoms with Crippen LogP contribution in [0.15, 0.2) is 36.7 Å². The topological polar surface area (TPSA) is 30.2 Å². The van der Waals surface area contributed by atoms with Gasteiger partial charge in [0.2, 0.25) is 4.96 Å². The molecule has 5 heteroatoms. The van der Waals surface area contributed by atoms with Gasteiger partial charge in [0.05, 0.1) is 6.20 Å². The van der Waals surface area contributed by atoms with Crippen molar-refractivity contribution in [2.75, 3.05) is 0 Å². The standard InChI is InChI=1S/C10H6IN3S/c11-8-3-1-2-7(6-8)9-13-14-5-4-12-10(14)15-9/h1-6H. The molecule has 0 aliphatic carbocycles. The highest BCUT2D eigenvalue weighted by Gasteiger charge is 2.06. The van der Waals surface area contributed by atoms with Crippen LogP contribution in [0.1, 0.15) is 0 Å². The van der Waals surface area contributed by atoms with Crippen molar-refractivity contribution >= 4 is 38.9 Å². The average molecular weight is 327 g/mol. The summed E-state index contributed by atoms with van der Waals surface area (Å²) in [5.41, 5.74) is 1.15. The lowest BCUT2D eigenvalue weighted by molar-refractivity contribution is 0.978. The molecule has 0 spiro atoms. The fraction of sp³-hybridized carbons (Fsp3) is 0. The van der Waals surface area contributed by atoms with E-state index in [9.17, 15) is 0 Å². The largest absolute Gasteiger partial charge is 0.226 e. The van der Waals surface area contributed by atoms with Gasteiger partial charge in [-0.2, -0.15) is 5.10 Å². The highest BCUT2D eigenvalue weighted by atomic mass is 127. The second-order valence-corrected chi connectivity index (χ2v) is 5.27. The third-order valence-electron chi connectivity index (χ3n) is 2.05. The number of fused-ring (bicyclic) bond motifs is 1. The molecule has 0 aliphatic heterocycles. The molecule has 0 aliphatic rings. The van der Waals surface area contributed by atoms with Crippen LogP contribution in [-0.4, -0.2) is 14.6 Å². The van der Waals surface area contributed by atoms with Crippen LogP contribution >= 0.6 is 33.9 Å². The number of aromatic nitrogens is 3. The molecule has 3 aromatic rings. The van der Waals surface area contributed by atoms with E-state index in [2.05, 4.69) is 50.9 Å². The Labute approximate surface area is 104 Å². The Kier molecular flexibility index (Phi) is 2.21. The molecule has 2 heterocycles. The Morgan fingerprint density at radius 2 is 2.27 bits per heavy atom. The molecular weight excluding hydrogens is 321 g/mol. The van der Waals surface area contributed by atoms with E-state index >= 15 is 0 Å². The van der Waals surface area contributed by atoms with Crippen molar-refractivity contribution in [1.82, 2.24) is 14.6 Å². The maximum atomic E-state index is 4.45. The molecule has 15 heavy (non-hydrogen) atoms. The van der Waals surface area contributed by atoms with Crippen molar-refractivity contribution in [3.8, 4) is 10.6 Å². The number of imidazole rings is 1. The zero-order valence-corrected chi connectivity index (χ0v) is 10.6. The maximum absolute atomic E-state index is 4.45. The number of halogens is 1. The van der Waals surface area contributed by atoms with E-state index in [0.29, 0.717) is 0 Å². The Bertz CT molecular complexity index is 585. The van der Waals surface area contributed by atoms with Gasteiger partial charge in [0.15, 0.2) is 0 Å². The minimum absolute atomic E-state index is 0.934. The van der Waals surface area contributed by atoms with Gasteiger partial charge in [-0.1, -0.05) is 23.5 Å². The first-order chi connectivity index (χ1) is 7.33. The number of rotatable bonds is 1. The van der Waals surface area contributed by atoms with Crippen LogP contribution in [0.5, 0.6) is 0 Å². The molecule has 0 fully saturated rings. The highest BCUT2D eigenvalue weighted by molar-refractivity contribution is 14.1. The van der Waals surface area contributed by atoms with Crippen molar-refractivity contribution in [3.63, 3.8) is 0 Å². The first-order valence-electron chi connectivity index (χ1n) is 4.39. The Morgan fingerprint density at radius 1 is 1.33 bits per heavy atom. The van der Waals surface area contributed by atoms with E-state index in [1.165, 1.54) is 3.57 Å². The van der Waals surface area contributed by atoms with Gasteiger partial charge in [-0.25, -0.2) is 9.50 Å². The number of benzene rings is 1. The van der Waals surface area contributed by atoms with Gasteiger partial charge in [0, 0.05) is 15.3 Å². The molecule has 0 atom stereocenters. The van der Waals surface area contributed by atoms with Crippen molar-refractivity contribution in [2.24, 2.45) is 0 Å². The molecule has 2 aromatic heterocycles. The van der Waals surface area contributed by atoms with Gasteiger partial charge in [0.1, 0.15) is 5.01 Å². The minimum Gasteiger partial charge on any atom is -0.226 e. The van der Waals surface area contributed by atoms with E-state index in [1.54, 1.807) is 22.0 Å². The molecule has 0 unspecified atom stereocenters. The fourth-order valence-corrected chi connectivity index (χ4v) is 2.77. The minimum atomic E-state index is 0.934. The lowest BCUT2D eigenvalue weighted by atomic mass is 10.2. The molecule has 0 saturated carbocycles. The summed E-state index contributed by atoms with van der Waals surface area (Å²) in [5, 5.41) is 5.46. The summed E-state index contributed by atoms with van der Waals surface area (Å²) >= 11 is 3.91. The van der Waals surface area contributed by atoms with Crippen LogP contribution in [0.2, 0.25) is 0 Å². The molecule has 3 rings (SSSR count). The second-order valence-electron chi connectivity index (χ2n) is 3.07. The van der Waals surface area contributed by atoms with Gasteiger partial charge in [-0.3, -0.25) is 0 Å². The molecule has 0 saturated heterocycles. The summed E-state index contributed by atoms with van der Waals surface area (Å²) in [7, 11) is 0. The van der Waals surface area contributed by atoms with Crippen LogP contribution < -0.4 is 0 Å². The van der Waals surface area contributed by atoms with Crippen molar-refractivity contribution in [1.29, 1.82) is 0 Å². The molecular formula is C10H6IN3S. The van der Waals surface area contributed by atoms with E-state index in [4.69, 9.17) is 0 Å². The summed E-state index contributed by atoms with van der Waals surface area (Å²) < 4.78 is 3.03. The van der Waals surface area contributed by atoms with Gasteiger partial charge in [-0.05, 0) is 34.7 Å². The van der Waals surface area contributed by atoms with E-state index < -0.39 is 0 Å². The van der Waals surface area contributed by atoms with Crippen LogP contribution in [0.4, 0.5) is 0 Å². The smallest absolute Gasteiger partial charge is 0.212 e. The van der Waals surface area contributed by atoms with Crippen LogP contribution in [-0.2, 0) is 0 Å². The Balaban J connectivity index is 2.17. The highest BCUT2D eigenvalue weighted by Crippen LogP contribution is 2.25. The predicted octanol–water partition coefficient (Wildman–Crippen LogP) is 3.06. The lowest BCUT2D eigenvalue weighted by Crippen LogP contribution is -1.82. The molecule has 0 amide bonds. The summed E-state index contributed by atoms with van der Waals surface area (Å²) in [6.07, 6.45) is 3.63. The van der Waals surface area contributed by atoms with Crippen LogP contribution in [0, 0.1) is 3.57 Å². The van der Waals surface area contributed by atoms with Gasteiger partial charge < -0.3 is 0 Å². The van der Waals surface area contributed by atoms with Crippen LogP contribution in [0.3, 0.4) is 0 Å². The second kappa shape index (κ2) is 3.57. The monoisotopic (exact) mass is 327 g/mol. The summed E-state index contributed by atoms with van der Waals surface area (Å²) in [4.78, 5) is 5.14. The molecule has 3 nitrogen and oxygen atoms in total. The Morgan fingerprint density at radius 3 is 3.07 bits per heavy atom. The van der Waals surface area contributed by atoms with Gasteiger partial charge >= 0.3 is 0 Å². The first kappa shape index (κ1) is 9.29. The summed E-state index contributed by atoms with van der Waals surface area (Å²) in [5.74, 6) is 0. The normalized spacial score (nSPS) is 11.0. The number of nitrogens with zero attached hydrogens (tertiary/aromatic N) is 3. The average Bonchev–Trinajstić information content (AvgIpc) is 2.76. The van der Waals surface area contributed by atoms with Crippen molar-refractivity contribution < 1.29 is 0 Å². The fourth-order valence-electron chi connectivity index (χ4n) is 1.38. The predicted molar refractivity (Wildman–Crippen MR) is 69.0 cm³/mol. The summed E-state index contributed by atoms with van der Waals surface area (Å²) in [6.45, 7) is 0. The molecule has 1 aromatic carbocycles. The summed E-state index contributed by atoms with van der Waals surface area (Å²) in [6, 6.07) is 8.31.